The highest BCUT2D eigenvalue weighted by Gasteiger charge is 2.36. The zero-order valence-corrected chi connectivity index (χ0v) is 13.9. The van der Waals surface area contributed by atoms with Crippen molar-refractivity contribution in [2.45, 2.75) is 63.6 Å². The van der Waals surface area contributed by atoms with E-state index < -0.39 is 12.0 Å². The molecule has 3 atom stereocenters. The van der Waals surface area contributed by atoms with E-state index in [1.165, 1.54) is 6.42 Å². The van der Waals surface area contributed by atoms with E-state index in [1.54, 1.807) is 0 Å². The molecule has 0 aromatic carbocycles. The molecule has 3 unspecified atom stereocenters. The summed E-state index contributed by atoms with van der Waals surface area (Å²) in [6.07, 6.45) is 5.80. The molecule has 1 heterocycles. The van der Waals surface area contributed by atoms with Crippen LogP contribution in [-0.4, -0.2) is 59.8 Å². The molecule has 0 aromatic heterocycles. The lowest BCUT2D eigenvalue weighted by atomic mass is 9.90. The molecule has 1 amide bonds. The molecule has 1 aliphatic carbocycles. The number of morpholine rings is 1. The molecule has 0 bridgehead atoms. The molecular formula is C15H27ClN2O4. The van der Waals surface area contributed by atoms with Crippen molar-refractivity contribution in [2.75, 3.05) is 19.7 Å². The minimum Gasteiger partial charge on any atom is -0.480 e. The minimum atomic E-state index is -0.887. The average molecular weight is 335 g/mol. The van der Waals surface area contributed by atoms with Gasteiger partial charge in [0, 0.05) is 6.54 Å². The van der Waals surface area contributed by atoms with Gasteiger partial charge in [-0.25, -0.2) is 0 Å². The molecule has 2 N–H and O–H groups in total. The standard InChI is InChI=1S/C15H26N2O4.ClH/c1-2-5-11(15(19)20)16-10-14(18)17-8-9-21-13-7-4-3-6-12(13)17;/h11-13,16H,2-10H2,1H3,(H,19,20);1H. The summed E-state index contributed by atoms with van der Waals surface area (Å²) in [4.78, 5) is 25.4. The van der Waals surface area contributed by atoms with Crippen LogP contribution in [0.3, 0.4) is 0 Å². The van der Waals surface area contributed by atoms with E-state index >= 15 is 0 Å². The smallest absolute Gasteiger partial charge is 0.320 e. The van der Waals surface area contributed by atoms with E-state index in [0.717, 1.165) is 25.7 Å². The Kier molecular flexibility index (Phi) is 8.14. The summed E-state index contributed by atoms with van der Waals surface area (Å²) in [7, 11) is 0. The van der Waals surface area contributed by atoms with Gasteiger partial charge in [-0.05, 0) is 19.3 Å². The summed E-state index contributed by atoms with van der Waals surface area (Å²) in [5, 5.41) is 12.0. The number of hydrogen-bond acceptors (Lipinski definition) is 4. The summed E-state index contributed by atoms with van der Waals surface area (Å²) < 4.78 is 5.76. The maximum atomic E-state index is 12.4. The average Bonchev–Trinajstić information content (AvgIpc) is 2.50. The number of carboxylic acids is 1. The minimum absolute atomic E-state index is 0. The van der Waals surface area contributed by atoms with E-state index in [4.69, 9.17) is 9.84 Å². The second-order valence-corrected chi connectivity index (χ2v) is 5.91. The van der Waals surface area contributed by atoms with Gasteiger partial charge in [0.15, 0.2) is 0 Å². The van der Waals surface area contributed by atoms with Gasteiger partial charge in [0.2, 0.25) is 5.91 Å². The van der Waals surface area contributed by atoms with Gasteiger partial charge in [-0.3, -0.25) is 14.9 Å². The second kappa shape index (κ2) is 9.33. The van der Waals surface area contributed by atoms with Gasteiger partial charge in [0.25, 0.3) is 0 Å². The summed E-state index contributed by atoms with van der Waals surface area (Å²) in [6, 6.07) is -0.460. The van der Waals surface area contributed by atoms with E-state index in [2.05, 4.69) is 5.32 Å². The van der Waals surface area contributed by atoms with Crippen LogP contribution in [0.2, 0.25) is 0 Å². The van der Waals surface area contributed by atoms with Crippen molar-refractivity contribution < 1.29 is 19.4 Å². The number of rotatable bonds is 6. The molecule has 2 rings (SSSR count). The lowest BCUT2D eigenvalue weighted by molar-refractivity contribution is -0.149. The molecule has 128 valence electrons. The van der Waals surface area contributed by atoms with Crippen LogP contribution in [-0.2, 0) is 14.3 Å². The topological polar surface area (TPSA) is 78.9 Å². The zero-order valence-electron chi connectivity index (χ0n) is 13.1. The van der Waals surface area contributed by atoms with Crippen molar-refractivity contribution in [3.8, 4) is 0 Å². The van der Waals surface area contributed by atoms with Crippen LogP contribution in [0.15, 0.2) is 0 Å². The van der Waals surface area contributed by atoms with Crippen LogP contribution < -0.4 is 5.32 Å². The Hall–Kier alpha value is -0.850. The SMILES string of the molecule is CCCC(NCC(=O)N1CCOC2CCCCC21)C(=O)O.Cl. The Morgan fingerprint density at radius 1 is 1.36 bits per heavy atom. The number of aliphatic carboxylic acids is 1. The Balaban J connectivity index is 0.00000242. The molecule has 7 heteroatoms. The number of carbonyl (C=O) groups is 2. The lowest BCUT2D eigenvalue weighted by Gasteiger charge is -2.44. The Morgan fingerprint density at radius 3 is 2.77 bits per heavy atom. The molecule has 0 radical (unpaired) electrons. The predicted molar refractivity (Wildman–Crippen MR) is 85.3 cm³/mol. The number of amides is 1. The molecule has 2 aliphatic rings. The van der Waals surface area contributed by atoms with Gasteiger partial charge in [-0.15, -0.1) is 12.4 Å². The van der Waals surface area contributed by atoms with Crippen molar-refractivity contribution in [3.05, 3.63) is 0 Å². The van der Waals surface area contributed by atoms with Gasteiger partial charge >= 0.3 is 5.97 Å². The molecule has 22 heavy (non-hydrogen) atoms. The first-order valence-electron chi connectivity index (χ1n) is 8.00. The number of nitrogens with one attached hydrogen (secondary N) is 1. The highest BCUT2D eigenvalue weighted by atomic mass is 35.5. The molecule has 0 spiro atoms. The number of nitrogens with zero attached hydrogens (tertiary/aromatic N) is 1. The first kappa shape index (κ1) is 19.2. The van der Waals surface area contributed by atoms with Crippen molar-refractivity contribution in [1.29, 1.82) is 0 Å². The van der Waals surface area contributed by atoms with Crippen molar-refractivity contribution in [1.82, 2.24) is 10.2 Å². The van der Waals surface area contributed by atoms with Crippen molar-refractivity contribution in [2.24, 2.45) is 0 Å². The van der Waals surface area contributed by atoms with Crippen molar-refractivity contribution in [3.63, 3.8) is 0 Å². The van der Waals surface area contributed by atoms with Gasteiger partial charge in [0.05, 0.1) is 25.3 Å². The van der Waals surface area contributed by atoms with Gasteiger partial charge in [-0.2, -0.15) is 0 Å². The fraction of sp³-hybridized carbons (Fsp3) is 0.867. The van der Waals surface area contributed by atoms with Crippen LogP contribution in [0.25, 0.3) is 0 Å². The largest absolute Gasteiger partial charge is 0.480 e. The van der Waals surface area contributed by atoms with E-state index in [1.807, 2.05) is 11.8 Å². The zero-order chi connectivity index (χ0) is 15.2. The fourth-order valence-electron chi connectivity index (χ4n) is 3.32. The Bertz CT molecular complexity index is 379. The van der Waals surface area contributed by atoms with Crippen molar-refractivity contribution >= 4 is 24.3 Å². The Morgan fingerprint density at radius 2 is 2.09 bits per heavy atom. The predicted octanol–water partition coefficient (Wildman–Crippen LogP) is 1.42. The fourth-order valence-corrected chi connectivity index (χ4v) is 3.32. The second-order valence-electron chi connectivity index (χ2n) is 5.91. The Labute approximate surface area is 138 Å². The molecular weight excluding hydrogens is 308 g/mol. The first-order valence-corrected chi connectivity index (χ1v) is 8.00. The van der Waals surface area contributed by atoms with Crippen LogP contribution in [0.1, 0.15) is 45.4 Å². The summed E-state index contributed by atoms with van der Waals surface area (Å²) >= 11 is 0. The molecule has 6 nitrogen and oxygen atoms in total. The summed E-state index contributed by atoms with van der Waals surface area (Å²) in [5.41, 5.74) is 0. The number of halogens is 1. The number of ether oxygens (including phenoxy) is 1. The highest BCUT2D eigenvalue weighted by molar-refractivity contribution is 5.85. The van der Waals surface area contributed by atoms with Gasteiger partial charge < -0.3 is 14.7 Å². The van der Waals surface area contributed by atoms with Crippen LogP contribution in [0, 0.1) is 0 Å². The van der Waals surface area contributed by atoms with E-state index in [-0.39, 0.29) is 37.0 Å². The third kappa shape index (κ3) is 4.83. The molecule has 1 saturated heterocycles. The third-order valence-electron chi connectivity index (χ3n) is 4.43. The van der Waals surface area contributed by atoms with Gasteiger partial charge in [0.1, 0.15) is 6.04 Å². The monoisotopic (exact) mass is 334 g/mol. The number of fused-ring (bicyclic) bond motifs is 1. The van der Waals surface area contributed by atoms with E-state index in [9.17, 15) is 9.59 Å². The molecule has 2 fully saturated rings. The van der Waals surface area contributed by atoms with Gasteiger partial charge in [-0.1, -0.05) is 26.2 Å². The maximum Gasteiger partial charge on any atom is 0.320 e. The third-order valence-corrected chi connectivity index (χ3v) is 4.43. The normalized spacial score (nSPS) is 25.8. The van der Waals surface area contributed by atoms with Crippen LogP contribution in [0.5, 0.6) is 0 Å². The quantitative estimate of drug-likeness (QED) is 0.768. The summed E-state index contributed by atoms with van der Waals surface area (Å²) in [5.74, 6) is -0.889. The molecule has 1 saturated carbocycles. The molecule has 0 aromatic rings. The van der Waals surface area contributed by atoms with Crippen LogP contribution in [0.4, 0.5) is 0 Å². The first-order chi connectivity index (χ1) is 10.1. The number of hydrogen-bond donors (Lipinski definition) is 2. The molecule has 1 aliphatic heterocycles. The summed E-state index contributed by atoms with van der Waals surface area (Å²) in [6.45, 7) is 3.24. The number of carboxylic acid groups (broad SMARTS) is 1. The van der Waals surface area contributed by atoms with E-state index in [0.29, 0.717) is 19.6 Å². The number of carbonyl (C=O) groups excluding carboxylic acids is 1. The van der Waals surface area contributed by atoms with Crippen LogP contribution >= 0.6 is 12.4 Å². The maximum absolute atomic E-state index is 12.4. The lowest BCUT2D eigenvalue weighted by Crippen LogP contribution is -2.57. The highest BCUT2D eigenvalue weighted by Crippen LogP contribution is 2.28.